The maximum atomic E-state index is 12.9. The first kappa shape index (κ1) is 13.9. The molecule has 0 aliphatic heterocycles. The van der Waals surface area contributed by atoms with Crippen LogP contribution in [-0.4, -0.2) is 31.0 Å². The number of aliphatic carboxylic acids is 1. The number of carbonyl (C=O) groups is 1. The second kappa shape index (κ2) is 4.86. The summed E-state index contributed by atoms with van der Waals surface area (Å²) in [6.07, 6.45) is 3.54. The summed E-state index contributed by atoms with van der Waals surface area (Å²) in [6.45, 7) is -0.193. The van der Waals surface area contributed by atoms with E-state index in [0.717, 1.165) is 24.9 Å². The predicted octanol–water partition coefficient (Wildman–Crippen LogP) is 0.754. The number of nitrogens with one attached hydrogen (secondary N) is 1. The molecule has 1 aliphatic carbocycles. The van der Waals surface area contributed by atoms with Gasteiger partial charge in [-0.1, -0.05) is 6.42 Å². The van der Waals surface area contributed by atoms with Crippen molar-refractivity contribution in [2.24, 2.45) is 5.41 Å². The number of aromatic nitrogens is 1. The number of hydrogen-bond acceptors (Lipinski definition) is 4. The molecular formula is C11H13FN2O4S. The highest BCUT2D eigenvalue weighted by molar-refractivity contribution is 7.89. The Morgan fingerprint density at radius 3 is 2.63 bits per heavy atom. The Morgan fingerprint density at radius 2 is 2.16 bits per heavy atom. The fourth-order valence-corrected chi connectivity index (χ4v) is 3.03. The molecule has 8 heteroatoms. The van der Waals surface area contributed by atoms with Crippen LogP contribution >= 0.6 is 0 Å². The van der Waals surface area contributed by atoms with E-state index < -0.39 is 27.2 Å². The molecule has 0 spiro atoms. The van der Waals surface area contributed by atoms with Crippen LogP contribution in [0, 0.1) is 11.2 Å². The molecule has 1 heterocycles. The van der Waals surface area contributed by atoms with Gasteiger partial charge in [0.2, 0.25) is 10.0 Å². The molecule has 1 aromatic heterocycles. The topological polar surface area (TPSA) is 96.4 Å². The first-order chi connectivity index (χ1) is 8.86. The Morgan fingerprint density at radius 1 is 1.47 bits per heavy atom. The summed E-state index contributed by atoms with van der Waals surface area (Å²) in [5.74, 6) is -1.78. The van der Waals surface area contributed by atoms with Gasteiger partial charge in [-0.05, 0) is 18.9 Å². The molecule has 0 radical (unpaired) electrons. The number of hydrogen-bond donors (Lipinski definition) is 2. The van der Waals surface area contributed by atoms with E-state index in [1.807, 2.05) is 0 Å². The maximum Gasteiger partial charge on any atom is 0.310 e. The third-order valence-corrected chi connectivity index (χ3v) is 4.72. The summed E-state index contributed by atoms with van der Waals surface area (Å²) in [7, 11) is -3.94. The highest BCUT2D eigenvalue weighted by atomic mass is 32.2. The zero-order chi connectivity index (χ0) is 14.1. The van der Waals surface area contributed by atoms with Crippen LogP contribution in [-0.2, 0) is 14.8 Å². The zero-order valence-electron chi connectivity index (χ0n) is 9.97. The molecule has 0 unspecified atom stereocenters. The van der Waals surface area contributed by atoms with Crippen molar-refractivity contribution in [3.8, 4) is 0 Å². The molecule has 1 saturated carbocycles. The molecule has 1 fully saturated rings. The van der Waals surface area contributed by atoms with Crippen LogP contribution in [0.1, 0.15) is 19.3 Å². The normalized spacial score (nSPS) is 17.7. The molecule has 6 nitrogen and oxygen atoms in total. The van der Waals surface area contributed by atoms with E-state index in [2.05, 4.69) is 9.71 Å². The molecule has 1 aromatic rings. The molecule has 1 aliphatic rings. The van der Waals surface area contributed by atoms with Crippen LogP contribution < -0.4 is 4.72 Å². The van der Waals surface area contributed by atoms with Gasteiger partial charge in [0, 0.05) is 12.7 Å². The highest BCUT2D eigenvalue weighted by Gasteiger charge is 2.45. The lowest BCUT2D eigenvalue weighted by atomic mass is 9.69. The summed E-state index contributed by atoms with van der Waals surface area (Å²) in [4.78, 5) is 14.2. The number of carboxylic acid groups (broad SMARTS) is 1. The van der Waals surface area contributed by atoms with Gasteiger partial charge in [-0.2, -0.15) is 0 Å². The van der Waals surface area contributed by atoms with Gasteiger partial charge >= 0.3 is 5.97 Å². The van der Waals surface area contributed by atoms with Crippen molar-refractivity contribution < 1.29 is 22.7 Å². The van der Waals surface area contributed by atoms with Crippen molar-refractivity contribution in [3.05, 3.63) is 24.3 Å². The Balaban J connectivity index is 2.12. The van der Waals surface area contributed by atoms with Crippen LogP contribution in [0.4, 0.5) is 4.39 Å². The van der Waals surface area contributed by atoms with E-state index in [0.29, 0.717) is 12.8 Å². The van der Waals surface area contributed by atoms with E-state index in [1.54, 1.807) is 0 Å². The van der Waals surface area contributed by atoms with Crippen molar-refractivity contribution >= 4 is 16.0 Å². The summed E-state index contributed by atoms with van der Waals surface area (Å²) in [5, 5.41) is 9.09. The zero-order valence-corrected chi connectivity index (χ0v) is 10.8. The average molecular weight is 288 g/mol. The molecule has 0 aromatic carbocycles. The summed E-state index contributed by atoms with van der Waals surface area (Å²) >= 11 is 0. The standard InChI is InChI=1S/C11H13FN2O4S/c12-8-4-9(6-13-5-8)19(17,18)14-7-11(10(15)16)2-1-3-11/h4-6,14H,1-3,7H2,(H,15,16). The Kier molecular flexibility index (Phi) is 3.55. The summed E-state index contributed by atoms with van der Waals surface area (Å²) in [5.41, 5.74) is -1.03. The monoisotopic (exact) mass is 288 g/mol. The number of carboxylic acids is 1. The van der Waals surface area contributed by atoms with Crippen LogP contribution in [0.15, 0.2) is 23.4 Å². The number of nitrogens with zero attached hydrogens (tertiary/aromatic N) is 1. The average Bonchev–Trinajstić information content (AvgIpc) is 2.27. The summed E-state index contributed by atoms with van der Waals surface area (Å²) in [6, 6.07) is 0.837. The van der Waals surface area contributed by atoms with Gasteiger partial charge in [-0.15, -0.1) is 0 Å². The fraction of sp³-hybridized carbons (Fsp3) is 0.455. The van der Waals surface area contributed by atoms with Crippen molar-refractivity contribution in [2.75, 3.05) is 6.54 Å². The van der Waals surface area contributed by atoms with Crippen LogP contribution in [0.3, 0.4) is 0 Å². The molecule has 0 amide bonds. The van der Waals surface area contributed by atoms with Crippen molar-refractivity contribution in [1.29, 1.82) is 0 Å². The second-order valence-corrected chi connectivity index (χ2v) is 6.37. The highest BCUT2D eigenvalue weighted by Crippen LogP contribution is 2.40. The molecule has 0 saturated heterocycles. The maximum absolute atomic E-state index is 12.9. The van der Waals surface area contributed by atoms with E-state index in [1.165, 1.54) is 0 Å². The van der Waals surface area contributed by atoms with Gasteiger partial charge in [-0.3, -0.25) is 9.78 Å². The third kappa shape index (κ3) is 2.74. The minimum Gasteiger partial charge on any atom is -0.481 e. The second-order valence-electron chi connectivity index (χ2n) is 4.60. The van der Waals surface area contributed by atoms with Crippen LogP contribution in [0.25, 0.3) is 0 Å². The smallest absolute Gasteiger partial charge is 0.310 e. The van der Waals surface area contributed by atoms with Gasteiger partial charge in [0.05, 0.1) is 11.6 Å². The minimum absolute atomic E-state index is 0.193. The van der Waals surface area contributed by atoms with Gasteiger partial charge in [-0.25, -0.2) is 17.5 Å². The molecule has 0 atom stereocenters. The van der Waals surface area contributed by atoms with E-state index >= 15 is 0 Å². The quantitative estimate of drug-likeness (QED) is 0.833. The van der Waals surface area contributed by atoms with Crippen molar-refractivity contribution in [3.63, 3.8) is 0 Å². The lowest BCUT2D eigenvalue weighted by molar-refractivity contribution is -0.153. The lowest BCUT2D eigenvalue weighted by Crippen LogP contribution is -2.47. The van der Waals surface area contributed by atoms with E-state index in [9.17, 15) is 17.6 Å². The molecular weight excluding hydrogens is 275 g/mol. The molecule has 2 N–H and O–H groups in total. The van der Waals surface area contributed by atoms with Crippen LogP contribution in [0.5, 0.6) is 0 Å². The van der Waals surface area contributed by atoms with E-state index in [4.69, 9.17) is 5.11 Å². The van der Waals surface area contributed by atoms with Crippen molar-refractivity contribution in [1.82, 2.24) is 9.71 Å². The predicted molar refractivity (Wildman–Crippen MR) is 63.3 cm³/mol. The molecule has 104 valence electrons. The van der Waals surface area contributed by atoms with Gasteiger partial charge in [0.25, 0.3) is 0 Å². The minimum atomic E-state index is -3.94. The first-order valence-electron chi connectivity index (χ1n) is 5.69. The SMILES string of the molecule is O=C(O)C1(CNS(=O)(=O)c2cncc(F)c2)CCC1. The van der Waals surface area contributed by atoms with Gasteiger partial charge in [0.1, 0.15) is 10.7 Å². The number of halogens is 1. The lowest BCUT2D eigenvalue weighted by Gasteiger charge is -2.37. The summed E-state index contributed by atoms with van der Waals surface area (Å²) < 4.78 is 38.9. The Bertz CT molecular complexity index is 598. The number of pyridine rings is 1. The third-order valence-electron chi connectivity index (χ3n) is 3.36. The van der Waals surface area contributed by atoms with Crippen molar-refractivity contribution in [2.45, 2.75) is 24.2 Å². The number of rotatable bonds is 5. The van der Waals surface area contributed by atoms with E-state index in [-0.39, 0.29) is 11.4 Å². The first-order valence-corrected chi connectivity index (χ1v) is 7.18. The molecule has 2 rings (SSSR count). The van der Waals surface area contributed by atoms with Crippen LogP contribution in [0.2, 0.25) is 0 Å². The molecule has 0 bridgehead atoms. The largest absolute Gasteiger partial charge is 0.481 e. The molecule has 19 heavy (non-hydrogen) atoms. The Hall–Kier alpha value is -1.54. The number of sulfonamides is 1. The van der Waals surface area contributed by atoms with Gasteiger partial charge < -0.3 is 5.11 Å². The van der Waals surface area contributed by atoms with Gasteiger partial charge in [0.15, 0.2) is 0 Å². The Labute approximate surface area is 109 Å². The fourth-order valence-electron chi connectivity index (χ4n) is 1.93.